The quantitative estimate of drug-likeness (QED) is 0.748. The number of hydrogen-bond acceptors (Lipinski definition) is 6. The van der Waals surface area contributed by atoms with Crippen LogP contribution < -0.4 is 14.8 Å². The standard InChI is InChI=1S/C21H22N4O2/c1-21(2)12-18(16-11-15(26-3)6-7-19(16)27-21)25-20-23-10-8-17(24-20)14-5-4-9-22-13-14/h4-11,13,18H,12H2,1-3H3,(H,23,24,25)/t18-/m1/s1. The van der Waals surface area contributed by atoms with E-state index in [2.05, 4.69) is 34.1 Å². The molecule has 0 radical (unpaired) electrons. The van der Waals surface area contributed by atoms with Crippen molar-refractivity contribution < 1.29 is 9.47 Å². The molecule has 1 atom stereocenters. The maximum atomic E-state index is 6.14. The molecule has 3 aromatic rings. The molecule has 0 fully saturated rings. The average molecular weight is 362 g/mol. The number of fused-ring (bicyclic) bond motifs is 1. The fourth-order valence-corrected chi connectivity index (χ4v) is 3.35. The molecule has 1 aromatic carbocycles. The van der Waals surface area contributed by atoms with Crippen molar-refractivity contribution in [3.8, 4) is 22.8 Å². The third-order valence-electron chi connectivity index (χ3n) is 4.59. The molecule has 2 aromatic heterocycles. The van der Waals surface area contributed by atoms with Crippen LogP contribution >= 0.6 is 0 Å². The molecule has 0 spiro atoms. The van der Waals surface area contributed by atoms with Gasteiger partial charge in [-0.2, -0.15) is 0 Å². The van der Waals surface area contributed by atoms with Crippen LogP contribution in [0.2, 0.25) is 0 Å². The van der Waals surface area contributed by atoms with Crippen LogP contribution in [0, 0.1) is 0 Å². The van der Waals surface area contributed by atoms with Crippen LogP contribution in [-0.2, 0) is 0 Å². The van der Waals surface area contributed by atoms with E-state index in [1.807, 2.05) is 36.4 Å². The largest absolute Gasteiger partial charge is 0.497 e. The molecule has 27 heavy (non-hydrogen) atoms. The minimum absolute atomic E-state index is 0.0167. The van der Waals surface area contributed by atoms with Crippen molar-refractivity contribution >= 4 is 5.95 Å². The number of methoxy groups -OCH3 is 1. The SMILES string of the molecule is COc1ccc2c(c1)[C@H](Nc1nccc(-c3cccnc3)n1)CC(C)(C)O2. The predicted octanol–water partition coefficient (Wildman–Crippen LogP) is 4.26. The number of ether oxygens (including phenoxy) is 2. The van der Waals surface area contributed by atoms with E-state index in [1.54, 1.807) is 25.7 Å². The first kappa shape index (κ1) is 17.3. The third kappa shape index (κ3) is 3.69. The lowest BCUT2D eigenvalue weighted by atomic mass is 9.89. The maximum Gasteiger partial charge on any atom is 0.223 e. The minimum Gasteiger partial charge on any atom is -0.497 e. The lowest BCUT2D eigenvalue weighted by Gasteiger charge is -2.38. The second-order valence-corrected chi connectivity index (χ2v) is 7.17. The molecule has 0 saturated heterocycles. The molecular weight excluding hydrogens is 340 g/mol. The van der Waals surface area contributed by atoms with Crippen molar-refractivity contribution in [1.29, 1.82) is 0 Å². The van der Waals surface area contributed by atoms with Crippen LogP contribution in [0.3, 0.4) is 0 Å². The van der Waals surface area contributed by atoms with Gasteiger partial charge in [-0.25, -0.2) is 9.97 Å². The van der Waals surface area contributed by atoms with E-state index in [9.17, 15) is 0 Å². The van der Waals surface area contributed by atoms with Crippen LogP contribution in [0.5, 0.6) is 11.5 Å². The summed E-state index contributed by atoms with van der Waals surface area (Å²) in [5.74, 6) is 2.23. The van der Waals surface area contributed by atoms with Crippen LogP contribution in [-0.4, -0.2) is 27.7 Å². The maximum absolute atomic E-state index is 6.14. The second kappa shape index (κ2) is 6.87. The van der Waals surface area contributed by atoms with Gasteiger partial charge in [0.15, 0.2) is 0 Å². The molecule has 1 N–H and O–H groups in total. The van der Waals surface area contributed by atoms with E-state index in [0.29, 0.717) is 5.95 Å². The molecule has 0 saturated carbocycles. The van der Waals surface area contributed by atoms with E-state index < -0.39 is 0 Å². The van der Waals surface area contributed by atoms with Gasteiger partial charge in [0.05, 0.1) is 18.8 Å². The summed E-state index contributed by atoms with van der Waals surface area (Å²) in [6.07, 6.45) is 6.09. The number of nitrogens with zero attached hydrogens (tertiary/aromatic N) is 3. The summed E-state index contributed by atoms with van der Waals surface area (Å²) in [7, 11) is 1.66. The van der Waals surface area contributed by atoms with Gasteiger partial charge < -0.3 is 14.8 Å². The molecule has 1 aliphatic rings. The van der Waals surface area contributed by atoms with E-state index in [-0.39, 0.29) is 11.6 Å². The van der Waals surface area contributed by atoms with Gasteiger partial charge in [-0.15, -0.1) is 0 Å². The van der Waals surface area contributed by atoms with Crippen molar-refractivity contribution in [2.75, 3.05) is 12.4 Å². The Hall–Kier alpha value is -3.15. The number of rotatable bonds is 4. The van der Waals surface area contributed by atoms with Crippen molar-refractivity contribution in [3.63, 3.8) is 0 Å². The topological polar surface area (TPSA) is 69.2 Å². The van der Waals surface area contributed by atoms with Gasteiger partial charge >= 0.3 is 0 Å². The summed E-state index contributed by atoms with van der Waals surface area (Å²) in [4.78, 5) is 13.2. The Bertz CT molecular complexity index is 944. The Kier molecular flexibility index (Phi) is 4.39. The van der Waals surface area contributed by atoms with Crippen LogP contribution in [0.1, 0.15) is 31.9 Å². The van der Waals surface area contributed by atoms with Crippen molar-refractivity contribution in [2.45, 2.75) is 31.9 Å². The first-order valence-corrected chi connectivity index (χ1v) is 8.91. The highest BCUT2D eigenvalue weighted by atomic mass is 16.5. The van der Waals surface area contributed by atoms with Gasteiger partial charge in [0, 0.05) is 36.1 Å². The smallest absolute Gasteiger partial charge is 0.223 e. The summed E-state index contributed by atoms with van der Waals surface area (Å²) in [6.45, 7) is 4.17. The zero-order valence-corrected chi connectivity index (χ0v) is 15.6. The summed E-state index contributed by atoms with van der Waals surface area (Å²) in [6, 6.07) is 11.7. The number of benzene rings is 1. The Balaban J connectivity index is 1.66. The number of nitrogens with one attached hydrogen (secondary N) is 1. The minimum atomic E-state index is -0.291. The highest BCUT2D eigenvalue weighted by Gasteiger charge is 2.34. The first-order valence-electron chi connectivity index (χ1n) is 8.91. The summed E-state index contributed by atoms with van der Waals surface area (Å²) < 4.78 is 11.5. The monoisotopic (exact) mass is 362 g/mol. The fourth-order valence-electron chi connectivity index (χ4n) is 3.35. The van der Waals surface area contributed by atoms with Crippen LogP contribution in [0.4, 0.5) is 5.95 Å². The lowest BCUT2D eigenvalue weighted by Crippen LogP contribution is -2.37. The van der Waals surface area contributed by atoms with Crippen molar-refractivity contribution in [2.24, 2.45) is 0 Å². The van der Waals surface area contributed by atoms with Gasteiger partial charge in [-0.05, 0) is 50.2 Å². The van der Waals surface area contributed by atoms with E-state index in [0.717, 1.165) is 34.7 Å². The normalized spacial score (nSPS) is 17.5. The molecule has 4 rings (SSSR count). The molecule has 1 aliphatic heterocycles. The molecule has 0 unspecified atom stereocenters. The zero-order valence-electron chi connectivity index (χ0n) is 15.6. The van der Waals surface area contributed by atoms with Gasteiger partial charge in [0.1, 0.15) is 17.1 Å². The highest BCUT2D eigenvalue weighted by molar-refractivity contribution is 5.59. The summed E-state index contributed by atoms with van der Waals surface area (Å²) >= 11 is 0. The van der Waals surface area contributed by atoms with Crippen molar-refractivity contribution in [3.05, 3.63) is 60.6 Å². The van der Waals surface area contributed by atoms with E-state index >= 15 is 0 Å². The van der Waals surface area contributed by atoms with Crippen molar-refractivity contribution in [1.82, 2.24) is 15.0 Å². The Morgan fingerprint density at radius 3 is 2.85 bits per heavy atom. The number of hydrogen-bond donors (Lipinski definition) is 1. The average Bonchev–Trinajstić information content (AvgIpc) is 2.68. The number of aromatic nitrogens is 3. The molecule has 138 valence electrons. The Morgan fingerprint density at radius 2 is 2.07 bits per heavy atom. The van der Waals surface area contributed by atoms with E-state index in [1.165, 1.54) is 0 Å². The third-order valence-corrected chi connectivity index (χ3v) is 4.59. The second-order valence-electron chi connectivity index (χ2n) is 7.17. The fraction of sp³-hybridized carbons (Fsp3) is 0.286. The summed E-state index contributed by atoms with van der Waals surface area (Å²) in [5.41, 5.74) is 2.54. The van der Waals surface area contributed by atoms with Gasteiger partial charge in [0.2, 0.25) is 5.95 Å². The molecular formula is C21H22N4O2. The molecule has 6 heteroatoms. The predicted molar refractivity (Wildman–Crippen MR) is 104 cm³/mol. The molecule has 0 bridgehead atoms. The van der Waals surface area contributed by atoms with E-state index in [4.69, 9.17) is 9.47 Å². The Morgan fingerprint density at radius 1 is 1.19 bits per heavy atom. The Labute approximate surface area is 158 Å². The first-order chi connectivity index (χ1) is 13.0. The molecule has 0 amide bonds. The lowest BCUT2D eigenvalue weighted by molar-refractivity contribution is 0.0756. The highest BCUT2D eigenvalue weighted by Crippen LogP contribution is 2.42. The van der Waals surface area contributed by atoms with Gasteiger partial charge in [-0.3, -0.25) is 4.98 Å². The van der Waals surface area contributed by atoms with Gasteiger partial charge in [-0.1, -0.05) is 0 Å². The van der Waals surface area contributed by atoms with Gasteiger partial charge in [0.25, 0.3) is 0 Å². The molecule has 6 nitrogen and oxygen atoms in total. The molecule has 3 heterocycles. The summed E-state index contributed by atoms with van der Waals surface area (Å²) in [5, 5.41) is 3.48. The number of pyridine rings is 1. The van der Waals surface area contributed by atoms with Crippen LogP contribution in [0.25, 0.3) is 11.3 Å². The van der Waals surface area contributed by atoms with Crippen LogP contribution in [0.15, 0.2) is 55.0 Å². The number of anilines is 1. The zero-order chi connectivity index (χ0) is 18.9. The molecule has 0 aliphatic carbocycles.